The predicted molar refractivity (Wildman–Crippen MR) is 45.9 cm³/mol. The monoisotopic (exact) mass is 173 g/mol. The van der Waals surface area contributed by atoms with Crippen LogP contribution in [0.25, 0.3) is 0 Å². The largest absolute Gasteiger partial charge is 0.481 e. The fourth-order valence-electron chi connectivity index (χ4n) is 0.895. The molecule has 0 saturated heterocycles. The first kappa shape index (κ1) is 10.3. The van der Waals surface area contributed by atoms with Crippen molar-refractivity contribution in [3.63, 3.8) is 0 Å². The van der Waals surface area contributed by atoms with Crippen LogP contribution in [0.5, 0.6) is 0 Å². The van der Waals surface area contributed by atoms with E-state index in [2.05, 4.69) is 22.4 Å². The van der Waals surface area contributed by atoms with Gasteiger partial charge >= 0.3 is 5.97 Å². The minimum Gasteiger partial charge on any atom is -0.481 e. The molecule has 11 heavy (non-hydrogen) atoms. The van der Waals surface area contributed by atoms with Crippen molar-refractivity contribution in [2.75, 3.05) is 0 Å². The molecule has 0 amide bonds. The second kappa shape index (κ2) is 4.99. The van der Waals surface area contributed by atoms with Crippen LogP contribution in [0.1, 0.15) is 20.3 Å². The molecule has 0 aromatic rings. The van der Waals surface area contributed by atoms with Crippen LogP contribution in [0.4, 0.5) is 0 Å². The Hall–Kier alpha value is -0.730. The highest BCUT2D eigenvalue weighted by Crippen LogP contribution is 2.11. The third-order valence-electron chi connectivity index (χ3n) is 1.60. The van der Waals surface area contributed by atoms with Gasteiger partial charge < -0.3 is 5.11 Å². The molecule has 0 aromatic heterocycles. The molecular weight excluding hydrogens is 162 g/mol. The molecule has 0 bridgehead atoms. The van der Waals surface area contributed by atoms with Crippen molar-refractivity contribution in [1.82, 2.24) is 0 Å². The van der Waals surface area contributed by atoms with Crippen LogP contribution in [0.15, 0.2) is 4.99 Å². The Bertz CT molecular complexity index is 187. The van der Waals surface area contributed by atoms with Crippen molar-refractivity contribution < 1.29 is 9.90 Å². The van der Waals surface area contributed by atoms with E-state index in [0.717, 1.165) is 0 Å². The summed E-state index contributed by atoms with van der Waals surface area (Å²) in [6, 6.07) is -0.269. The summed E-state index contributed by atoms with van der Waals surface area (Å²) in [7, 11) is 0. The van der Waals surface area contributed by atoms with Gasteiger partial charge in [-0.2, -0.15) is 0 Å². The Morgan fingerprint density at radius 2 is 2.36 bits per heavy atom. The summed E-state index contributed by atoms with van der Waals surface area (Å²) in [5.74, 6) is -1.26. The number of nitrogens with zero attached hydrogens (tertiary/aromatic N) is 1. The highest BCUT2D eigenvalue weighted by atomic mass is 32.1. The Morgan fingerprint density at radius 1 is 1.82 bits per heavy atom. The number of hydrogen-bond donors (Lipinski definition) is 1. The van der Waals surface area contributed by atoms with E-state index in [1.54, 1.807) is 6.92 Å². The van der Waals surface area contributed by atoms with Crippen LogP contribution in [-0.4, -0.2) is 22.3 Å². The number of rotatable bonds is 4. The van der Waals surface area contributed by atoms with Crippen LogP contribution in [0, 0.1) is 5.92 Å². The molecule has 1 N–H and O–H groups in total. The molecule has 0 aliphatic rings. The second-order valence-corrected chi connectivity index (χ2v) is 2.50. The van der Waals surface area contributed by atoms with Gasteiger partial charge in [-0.25, -0.2) is 4.99 Å². The van der Waals surface area contributed by atoms with Crippen LogP contribution in [0.3, 0.4) is 0 Å². The third kappa shape index (κ3) is 3.25. The number of carboxylic acid groups (broad SMARTS) is 1. The van der Waals surface area contributed by atoms with Crippen LogP contribution in [0.2, 0.25) is 0 Å². The highest BCUT2D eigenvalue weighted by Gasteiger charge is 2.21. The zero-order valence-electron chi connectivity index (χ0n) is 6.57. The van der Waals surface area contributed by atoms with Gasteiger partial charge in [0.25, 0.3) is 0 Å². The second-order valence-electron chi connectivity index (χ2n) is 2.31. The molecule has 2 atom stereocenters. The van der Waals surface area contributed by atoms with Crippen molar-refractivity contribution in [3.05, 3.63) is 0 Å². The van der Waals surface area contributed by atoms with E-state index < -0.39 is 11.9 Å². The molecule has 0 aliphatic carbocycles. The summed E-state index contributed by atoms with van der Waals surface area (Å²) in [5.41, 5.74) is 0. The molecular formula is C7H11NO2S. The highest BCUT2D eigenvalue weighted by molar-refractivity contribution is 7.78. The SMILES string of the molecule is CCC(C(=O)O)C(C)N=C=S. The number of carboxylic acids is 1. The minimum atomic E-state index is -0.825. The summed E-state index contributed by atoms with van der Waals surface area (Å²) in [6.07, 6.45) is 0.566. The summed E-state index contributed by atoms with van der Waals surface area (Å²) >= 11 is 4.37. The maximum absolute atomic E-state index is 10.5. The summed E-state index contributed by atoms with van der Waals surface area (Å²) in [4.78, 5) is 14.2. The Morgan fingerprint density at radius 3 is 2.64 bits per heavy atom. The van der Waals surface area contributed by atoms with Crippen molar-refractivity contribution in [2.24, 2.45) is 10.9 Å². The number of isothiocyanates is 1. The van der Waals surface area contributed by atoms with Crippen LogP contribution >= 0.6 is 12.2 Å². The number of carbonyl (C=O) groups is 1. The van der Waals surface area contributed by atoms with Crippen molar-refractivity contribution in [2.45, 2.75) is 26.3 Å². The smallest absolute Gasteiger partial charge is 0.308 e. The predicted octanol–water partition coefficient (Wildman–Crippen LogP) is 1.59. The van der Waals surface area contributed by atoms with E-state index in [4.69, 9.17) is 5.11 Å². The average molecular weight is 173 g/mol. The number of aliphatic carboxylic acids is 1. The maximum Gasteiger partial charge on any atom is 0.308 e. The lowest BCUT2D eigenvalue weighted by atomic mass is 9.99. The van der Waals surface area contributed by atoms with E-state index in [0.29, 0.717) is 6.42 Å². The van der Waals surface area contributed by atoms with E-state index in [1.165, 1.54) is 0 Å². The van der Waals surface area contributed by atoms with Gasteiger partial charge in [-0.1, -0.05) is 6.92 Å². The van der Waals surface area contributed by atoms with Crippen molar-refractivity contribution in [3.8, 4) is 0 Å². The molecule has 0 spiro atoms. The van der Waals surface area contributed by atoms with Gasteiger partial charge in [0.1, 0.15) is 0 Å². The van der Waals surface area contributed by atoms with Crippen molar-refractivity contribution >= 4 is 23.3 Å². The molecule has 0 heterocycles. The minimum absolute atomic E-state index is 0.269. The van der Waals surface area contributed by atoms with Gasteiger partial charge in [0, 0.05) is 0 Å². The molecule has 0 rings (SSSR count). The standard InChI is InChI=1S/C7H11NO2S/c1-3-6(7(9)10)5(2)8-4-11/h5-6H,3H2,1-2H3,(H,9,10). The Balaban J connectivity index is 4.24. The Labute approximate surface area is 71.1 Å². The fraction of sp³-hybridized carbons (Fsp3) is 0.714. The molecule has 0 saturated carbocycles. The molecule has 4 heteroatoms. The number of thiocarbonyl (C=S) groups is 1. The lowest BCUT2D eigenvalue weighted by molar-refractivity contribution is -0.142. The van der Waals surface area contributed by atoms with Crippen LogP contribution in [-0.2, 0) is 4.79 Å². The fourth-order valence-corrected chi connectivity index (χ4v) is 1.06. The van der Waals surface area contributed by atoms with Gasteiger partial charge in [0.2, 0.25) is 0 Å². The number of aliphatic imine (C=N–C) groups is 1. The van der Waals surface area contributed by atoms with Gasteiger partial charge in [-0.05, 0) is 25.6 Å². The van der Waals surface area contributed by atoms with E-state index in [1.807, 2.05) is 6.92 Å². The number of hydrogen-bond acceptors (Lipinski definition) is 3. The van der Waals surface area contributed by atoms with Crippen molar-refractivity contribution in [1.29, 1.82) is 0 Å². The van der Waals surface area contributed by atoms with Crippen LogP contribution < -0.4 is 0 Å². The normalized spacial score (nSPS) is 14.7. The summed E-state index contributed by atoms with van der Waals surface area (Å²) in [5, 5.41) is 10.8. The lowest BCUT2D eigenvalue weighted by Gasteiger charge is -2.11. The quantitative estimate of drug-likeness (QED) is 0.518. The first-order chi connectivity index (χ1) is 5.13. The first-order valence-corrected chi connectivity index (χ1v) is 3.84. The molecule has 0 aliphatic heterocycles. The van der Waals surface area contributed by atoms with Gasteiger partial charge in [-0.15, -0.1) is 0 Å². The van der Waals surface area contributed by atoms with Gasteiger partial charge in [-0.3, -0.25) is 4.79 Å². The molecule has 2 unspecified atom stereocenters. The molecule has 3 nitrogen and oxygen atoms in total. The molecule has 0 fully saturated rings. The van der Waals surface area contributed by atoms with Gasteiger partial charge in [0.15, 0.2) is 0 Å². The average Bonchev–Trinajstić information content (AvgIpc) is 1.88. The Kier molecular flexibility index (Phi) is 4.66. The maximum atomic E-state index is 10.5. The summed E-state index contributed by atoms with van der Waals surface area (Å²) in [6.45, 7) is 3.54. The third-order valence-corrected chi connectivity index (χ3v) is 1.70. The first-order valence-electron chi connectivity index (χ1n) is 3.43. The topological polar surface area (TPSA) is 49.7 Å². The van der Waals surface area contributed by atoms with E-state index in [-0.39, 0.29) is 6.04 Å². The summed E-state index contributed by atoms with van der Waals surface area (Å²) < 4.78 is 0. The zero-order chi connectivity index (χ0) is 8.85. The zero-order valence-corrected chi connectivity index (χ0v) is 7.39. The van der Waals surface area contributed by atoms with E-state index >= 15 is 0 Å². The molecule has 0 radical (unpaired) electrons. The van der Waals surface area contributed by atoms with E-state index in [9.17, 15) is 4.79 Å². The molecule has 62 valence electrons. The van der Waals surface area contributed by atoms with Gasteiger partial charge in [0.05, 0.1) is 17.1 Å². The lowest BCUT2D eigenvalue weighted by Crippen LogP contribution is -2.23. The molecule has 0 aromatic carbocycles.